The van der Waals surface area contributed by atoms with Gasteiger partial charge in [0.2, 0.25) is 5.91 Å². The third kappa shape index (κ3) is 3.10. The molecule has 3 heterocycles. The number of rotatable bonds is 4. The molecule has 0 aromatic rings. The highest BCUT2D eigenvalue weighted by Gasteiger charge is 2.51. The van der Waals surface area contributed by atoms with Crippen molar-refractivity contribution in [2.45, 2.75) is 43.0 Å². The normalized spacial score (nSPS) is 32.4. The maximum atomic E-state index is 12.5. The van der Waals surface area contributed by atoms with Gasteiger partial charge in [-0.2, -0.15) is 0 Å². The maximum Gasteiger partial charge on any atom is 0.225 e. The van der Waals surface area contributed by atoms with Crippen LogP contribution in [0.25, 0.3) is 0 Å². The molecule has 1 unspecified atom stereocenters. The summed E-state index contributed by atoms with van der Waals surface area (Å²) in [4.78, 5) is 14.5. The lowest BCUT2D eigenvalue weighted by atomic mass is 9.89. The Morgan fingerprint density at radius 1 is 1.24 bits per heavy atom. The number of nitrogens with zero attached hydrogens (tertiary/aromatic N) is 1. The van der Waals surface area contributed by atoms with Gasteiger partial charge in [-0.15, -0.1) is 11.8 Å². The highest BCUT2D eigenvalue weighted by molar-refractivity contribution is 8.01. The van der Waals surface area contributed by atoms with E-state index in [2.05, 4.69) is 4.90 Å². The van der Waals surface area contributed by atoms with Gasteiger partial charge in [0.05, 0.1) is 10.9 Å². The molecule has 0 aromatic heterocycles. The first-order valence-corrected chi connectivity index (χ1v) is 9.35. The molecule has 3 saturated heterocycles. The van der Waals surface area contributed by atoms with Gasteiger partial charge in [-0.05, 0) is 38.0 Å². The third-order valence-corrected chi connectivity index (χ3v) is 6.86. The summed E-state index contributed by atoms with van der Waals surface area (Å²) in [6.45, 7) is 4.35. The summed E-state index contributed by atoms with van der Waals surface area (Å²) in [7, 11) is 0. The van der Waals surface area contributed by atoms with E-state index < -0.39 is 0 Å². The van der Waals surface area contributed by atoms with Crippen LogP contribution in [0.3, 0.4) is 0 Å². The van der Waals surface area contributed by atoms with E-state index in [0.717, 1.165) is 63.8 Å². The molecular weight excluding hydrogens is 286 g/mol. The molecule has 4 nitrogen and oxygen atoms in total. The molecule has 4 fully saturated rings. The number of thioether (sulfide) groups is 1. The minimum Gasteiger partial charge on any atom is -0.381 e. The van der Waals surface area contributed by atoms with Gasteiger partial charge in [0.25, 0.3) is 0 Å². The minimum atomic E-state index is 0.212. The van der Waals surface area contributed by atoms with E-state index in [9.17, 15) is 4.79 Å². The molecule has 1 spiro atoms. The molecule has 1 saturated carbocycles. The number of hydrogen-bond donors (Lipinski definition) is 0. The number of ether oxygens (including phenoxy) is 2. The Morgan fingerprint density at radius 3 is 2.71 bits per heavy atom. The predicted octanol–water partition coefficient (Wildman–Crippen LogP) is 1.93. The first kappa shape index (κ1) is 14.3. The number of amides is 1. The average Bonchev–Trinajstić information content (AvgIpc) is 3.22. The van der Waals surface area contributed by atoms with Crippen LogP contribution in [0, 0.1) is 11.8 Å². The van der Waals surface area contributed by atoms with Crippen molar-refractivity contribution >= 4 is 17.7 Å². The highest BCUT2D eigenvalue weighted by atomic mass is 32.2. The van der Waals surface area contributed by atoms with Crippen molar-refractivity contribution in [1.29, 1.82) is 0 Å². The van der Waals surface area contributed by atoms with Crippen LogP contribution in [0.2, 0.25) is 0 Å². The van der Waals surface area contributed by atoms with E-state index in [4.69, 9.17) is 9.47 Å². The van der Waals surface area contributed by atoms with Crippen LogP contribution < -0.4 is 0 Å². The van der Waals surface area contributed by atoms with Crippen molar-refractivity contribution < 1.29 is 14.3 Å². The Morgan fingerprint density at radius 2 is 2.00 bits per heavy atom. The molecule has 3 aliphatic heterocycles. The van der Waals surface area contributed by atoms with E-state index in [0.29, 0.717) is 16.8 Å². The quantitative estimate of drug-likeness (QED) is 0.795. The van der Waals surface area contributed by atoms with Crippen molar-refractivity contribution in [3.05, 3.63) is 0 Å². The van der Waals surface area contributed by atoms with E-state index in [1.807, 2.05) is 11.8 Å². The molecule has 1 aliphatic carbocycles. The number of likely N-dealkylation sites (tertiary alicyclic amines) is 1. The Kier molecular flexibility index (Phi) is 3.92. The Bertz CT molecular complexity index is 400. The molecule has 5 heteroatoms. The molecule has 4 rings (SSSR count). The van der Waals surface area contributed by atoms with Crippen molar-refractivity contribution in [2.75, 3.05) is 38.7 Å². The summed E-state index contributed by atoms with van der Waals surface area (Å²) in [5.74, 6) is 2.54. The second kappa shape index (κ2) is 5.74. The second-order valence-electron chi connectivity index (χ2n) is 7.18. The van der Waals surface area contributed by atoms with Crippen molar-refractivity contribution in [3.8, 4) is 0 Å². The van der Waals surface area contributed by atoms with Gasteiger partial charge < -0.3 is 14.4 Å². The molecule has 0 aromatic carbocycles. The van der Waals surface area contributed by atoms with Crippen molar-refractivity contribution in [1.82, 2.24) is 4.90 Å². The first-order valence-electron chi connectivity index (χ1n) is 8.36. The number of carbonyl (C=O) groups excluding carboxylic acids is 1. The molecule has 1 atom stereocenters. The van der Waals surface area contributed by atoms with E-state index >= 15 is 0 Å². The van der Waals surface area contributed by atoms with Crippen molar-refractivity contribution in [2.24, 2.45) is 11.8 Å². The minimum absolute atomic E-state index is 0.212. The molecule has 4 aliphatic rings. The Labute approximate surface area is 130 Å². The zero-order valence-corrected chi connectivity index (χ0v) is 13.4. The van der Waals surface area contributed by atoms with Gasteiger partial charge in [-0.1, -0.05) is 0 Å². The van der Waals surface area contributed by atoms with Crippen LogP contribution in [0.4, 0.5) is 0 Å². The third-order valence-electron chi connectivity index (χ3n) is 5.28. The molecule has 118 valence electrons. The summed E-state index contributed by atoms with van der Waals surface area (Å²) >= 11 is 2.04. The Hall–Kier alpha value is -0.260. The van der Waals surface area contributed by atoms with Gasteiger partial charge in [-0.25, -0.2) is 0 Å². The summed E-state index contributed by atoms with van der Waals surface area (Å²) in [6.07, 6.45) is 6.10. The molecule has 0 radical (unpaired) electrons. The Balaban J connectivity index is 1.23. The smallest absolute Gasteiger partial charge is 0.225 e. The number of carbonyl (C=O) groups is 1. The fourth-order valence-electron chi connectivity index (χ4n) is 3.69. The van der Waals surface area contributed by atoms with Crippen molar-refractivity contribution in [3.63, 3.8) is 0 Å². The topological polar surface area (TPSA) is 38.8 Å². The largest absolute Gasteiger partial charge is 0.381 e. The van der Waals surface area contributed by atoms with Crippen LogP contribution in [0.5, 0.6) is 0 Å². The van der Waals surface area contributed by atoms with Gasteiger partial charge in [0.15, 0.2) is 0 Å². The molecule has 21 heavy (non-hydrogen) atoms. The van der Waals surface area contributed by atoms with Gasteiger partial charge >= 0.3 is 0 Å². The number of hydrogen-bond acceptors (Lipinski definition) is 4. The summed E-state index contributed by atoms with van der Waals surface area (Å²) in [5, 5.41) is 0. The molecule has 1 amide bonds. The first-order chi connectivity index (χ1) is 10.2. The summed E-state index contributed by atoms with van der Waals surface area (Å²) in [5.41, 5.74) is 0. The lowest BCUT2D eigenvalue weighted by Gasteiger charge is -2.48. The summed E-state index contributed by atoms with van der Waals surface area (Å²) in [6, 6.07) is 0. The van der Waals surface area contributed by atoms with Crippen LogP contribution in [0.1, 0.15) is 32.1 Å². The van der Waals surface area contributed by atoms with Crippen LogP contribution in [-0.2, 0) is 14.3 Å². The monoisotopic (exact) mass is 311 g/mol. The van der Waals surface area contributed by atoms with Crippen LogP contribution in [-0.4, -0.2) is 60.3 Å². The fraction of sp³-hybridized carbons (Fsp3) is 0.938. The zero-order valence-electron chi connectivity index (χ0n) is 12.6. The standard InChI is InChI=1S/C16H25NO3S/c18-15(13-3-5-19-6-4-13)17-10-16(11-17)7-14(9-21-16)20-8-12-1-2-12/h12-14H,1-11H2. The van der Waals surface area contributed by atoms with E-state index in [1.54, 1.807) is 0 Å². The van der Waals surface area contributed by atoms with Gasteiger partial charge in [-0.3, -0.25) is 4.79 Å². The van der Waals surface area contributed by atoms with Gasteiger partial charge in [0.1, 0.15) is 0 Å². The van der Waals surface area contributed by atoms with Crippen LogP contribution in [0.15, 0.2) is 0 Å². The lowest BCUT2D eigenvalue weighted by molar-refractivity contribution is -0.144. The average molecular weight is 311 g/mol. The lowest BCUT2D eigenvalue weighted by Crippen LogP contribution is -2.62. The fourth-order valence-corrected chi connectivity index (χ4v) is 5.25. The second-order valence-corrected chi connectivity index (χ2v) is 8.67. The van der Waals surface area contributed by atoms with E-state index in [1.165, 1.54) is 12.8 Å². The van der Waals surface area contributed by atoms with Crippen LogP contribution >= 0.6 is 11.8 Å². The van der Waals surface area contributed by atoms with Gasteiger partial charge in [0, 0.05) is 44.6 Å². The molecule has 0 N–H and O–H groups in total. The predicted molar refractivity (Wildman–Crippen MR) is 82.4 cm³/mol. The summed E-state index contributed by atoms with van der Waals surface area (Å²) < 4.78 is 11.7. The zero-order chi connectivity index (χ0) is 14.3. The molecule has 0 bridgehead atoms. The highest BCUT2D eigenvalue weighted by Crippen LogP contribution is 2.47. The maximum absolute atomic E-state index is 12.5. The molecular formula is C16H25NO3S. The van der Waals surface area contributed by atoms with E-state index in [-0.39, 0.29) is 5.92 Å². The SMILES string of the molecule is O=C(C1CCOCC1)N1CC2(CC(OCC3CC3)CS2)C1.